The van der Waals surface area contributed by atoms with Crippen molar-refractivity contribution in [3.8, 4) is 0 Å². The maximum absolute atomic E-state index is 13.3. The zero-order valence-electron chi connectivity index (χ0n) is 8.79. The fourth-order valence-corrected chi connectivity index (χ4v) is 2.75. The second-order valence-electron chi connectivity index (χ2n) is 4.48. The molecule has 3 heterocycles. The monoisotopic (exact) mass is 241 g/mol. The Bertz CT molecular complexity index is 400. The highest BCUT2D eigenvalue weighted by molar-refractivity contribution is 6.29. The minimum Gasteiger partial charge on any atom is -0.368 e. The predicted octanol–water partition coefficient (Wildman–Crippen LogP) is 1.67. The summed E-state index contributed by atoms with van der Waals surface area (Å²) in [7, 11) is 0. The molecule has 1 aromatic rings. The molecule has 5 heteroatoms. The van der Waals surface area contributed by atoms with Crippen LogP contribution in [0.15, 0.2) is 12.3 Å². The third kappa shape index (κ3) is 1.66. The fourth-order valence-electron chi connectivity index (χ4n) is 2.64. The first-order chi connectivity index (χ1) is 7.74. The smallest absolute Gasteiger partial charge is 0.164 e. The summed E-state index contributed by atoms with van der Waals surface area (Å²) >= 11 is 5.57. The lowest BCUT2D eigenvalue weighted by Crippen LogP contribution is -2.30. The molecule has 2 aliphatic heterocycles. The Labute approximate surface area is 98.6 Å². The van der Waals surface area contributed by atoms with Gasteiger partial charge in [0.05, 0.1) is 11.9 Å². The van der Waals surface area contributed by atoms with E-state index < -0.39 is 5.82 Å². The molecule has 0 saturated carbocycles. The number of halogens is 2. The SMILES string of the molecule is Fc1cc(N2C[C@H]3CCN[C@H]3C2)cnc1Cl. The van der Waals surface area contributed by atoms with Crippen LogP contribution in [0.5, 0.6) is 0 Å². The number of fused-ring (bicyclic) bond motifs is 1. The fraction of sp³-hybridized carbons (Fsp3) is 0.545. The number of anilines is 1. The van der Waals surface area contributed by atoms with Crippen molar-refractivity contribution in [1.29, 1.82) is 0 Å². The quantitative estimate of drug-likeness (QED) is 0.759. The Balaban J connectivity index is 1.81. The summed E-state index contributed by atoms with van der Waals surface area (Å²) in [6, 6.07) is 2.02. The molecule has 0 aromatic carbocycles. The lowest BCUT2D eigenvalue weighted by Gasteiger charge is -2.19. The molecule has 2 aliphatic rings. The van der Waals surface area contributed by atoms with Crippen LogP contribution in [-0.4, -0.2) is 30.7 Å². The van der Waals surface area contributed by atoms with Gasteiger partial charge in [-0.3, -0.25) is 0 Å². The van der Waals surface area contributed by atoms with E-state index in [0.717, 1.165) is 25.3 Å². The van der Waals surface area contributed by atoms with E-state index in [1.54, 1.807) is 6.20 Å². The number of nitrogens with one attached hydrogen (secondary N) is 1. The highest BCUT2D eigenvalue weighted by Crippen LogP contribution is 2.29. The Kier molecular flexibility index (Phi) is 2.48. The molecule has 3 nitrogen and oxygen atoms in total. The van der Waals surface area contributed by atoms with Crippen LogP contribution in [0.25, 0.3) is 0 Å². The first-order valence-electron chi connectivity index (χ1n) is 5.53. The average Bonchev–Trinajstić information content (AvgIpc) is 2.81. The topological polar surface area (TPSA) is 28.2 Å². The summed E-state index contributed by atoms with van der Waals surface area (Å²) in [6.45, 7) is 3.03. The minimum absolute atomic E-state index is 0.0544. The van der Waals surface area contributed by atoms with Crippen LogP contribution < -0.4 is 10.2 Å². The van der Waals surface area contributed by atoms with Gasteiger partial charge in [0.25, 0.3) is 0 Å². The van der Waals surface area contributed by atoms with Crippen molar-refractivity contribution < 1.29 is 4.39 Å². The molecule has 0 amide bonds. The van der Waals surface area contributed by atoms with Gasteiger partial charge in [0.1, 0.15) is 0 Å². The van der Waals surface area contributed by atoms with E-state index in [-0.39, 0.29) is 5.15 Å². The second kappa shape index (κ2) is 3.86. The van der Waals surface area contributed by atoms with Gasteiger partial charge in [-0.05, 0) is 18.9 Å². The average molecular weight is 242 g/mol. The largest absolute Gasteiger partial charge is 0.368 e. The molecule has 1 aromatic heterocycles. The first-order valence-corrected chi connectivity index (χ1v) is 5.91. The molecule has 0 aliphatic carbocycles. The van der Waals surface area contributed by atoms with E-state index >= 15 is 0 Å². The molecule has 0 spiro atoms. The molecule has 0 radical (unpaired) electrons. The van der Waals surface area contributed by atoms with Gasteiger partial charge in [-0.2, -0.15) is 0 Å². The number of hydrogen-bond acceptors (Lipinski definition) is 3. The molecule has 2 fully saturated rings. The van der Waals surface area contributed by atoms with Crippen LogP contribution in [0.4, 0.5) is 10.1 Å². The molecule has 2 atom stereocenters. The predicted molar refractivity (Wildman–Crippen MR) is 61.3 cm³/mol. The van der Waals surface area contributed by atoms with Gasteiger partial charge < -0.3 is 10.2 Å². The molecule has 1 N–H and O–H groups in total. The van der Waals surface area contributed by atoms with Gasteiger partial charge in [0, 0.05) is 25.2 Å². The maximum Gasteiger partial charge on any atom is 0.164 e. The van der Waals surface area contributed by atoms with Crippen LogP contribution in [-0.2, 0) is 0 Å². The van der Waals surface area contributed by atoms with Crippen LogP contribution >= 0.6 is 11.6 Å². The molecular weight excluding hydrogens is 229 g/mol. The number of rotatable bonds is 1. The zero-order chi connectivity index (χ0) is 11.1. The summed E-state index contributed by atoms with van der Waals surface area (Å²) in [5, 5.41) is 3.41. The molecule has 16 heavy (non-hydrogen) atoms. The number of hydrogen-bond donors (Lipinski definition) is 1. The van der Waals surface area contributed by atoms with E-state index in [1.165, 1.54) is 12.5 Å². The van der Waals surface area contributed by atoms with Crippen LogP contribution in [0.3, 0.4) is 0 Å². The van der Waals surface area contributed by atoms with Crippen LogP contribution in [0.1, 0.15) is 6.42 Å². The molecular formula is C11H13ClFN3. The van der Waals surface area contributed by atoms with Gasteiger partial charge in [-0.15, -0.1) is 0 Å². The van der Waals surface area contributed by atoms with Crippen molar-refractivity contribution in [3.05, 3.63) is 23.2 Å². The highest BCUT2D eigenvalue weighted by Gasteiger charge is 2.36. The summed E-state index contributed by atoms with van der Waals surface area (Å²) in [4.78, 5) is 6.02. The van der Waals surface area contributed by atoms with E-state index in [4.69, 9.17) is 11.6 Å². The van der Waals surface area contributed by atoms with Crippen molar-refractivity contribution in [3.63, 3.8) is 0 Å². The second-order valence-corrected chi connectivity index (χ2v) is 4.84. The van der Waals surface area contributed by atoms with Crippen molar-refractivity contribution in [2.75, 3.05) is 24.5 Å². The molecule has 2 saturated heterocycles. The number of nitrogens with zero attached hydrogens (tertiary/aromatic N) is 2. The number of aromatic nitrogens is 1. The van der Waals surface area contributed by atoms with Crippen LogP contribution in [0.2, 0.25) is 5.15 Å². The highest BCUT2D eigenvalue weighted by atomic mass is 35.5. The standard InChI is InChI=1S/C11H13ClFN3/c12-11-9(13)3-8(4-15-11)16-5-7-1-2-14-10(7)6-16/h3-4,7,10,14H,1-2,5-6H2/t7-,10+/m1/s1. The van der Waals surface area contributed by atoms with Gasteiger partial charge in [0.15, 0.2) is 11.0 Å². The van der Waals surface area contributed by atoms with Gasteiger partial charge >= 0.3 is 0 Å². The van der Waals surface area contributed by atoms with Gasteiger partial charge in [0.2, 0.25) is 0 Å². The lowest BCUT2D eigenvalue weighted by atomic mass is 10.1. The van der Waals surface area contributed by atoms with Gasteiger partial charge in [-0.1, -0.05) is 11.6 Å². The van der Waals surface area contributed by atoms with Crippen molar-refractivity contribution in [2.24, 2.45) is 5.92 Å². The summed E-state index contributed by atoms with van der Waals surface area (Å²) < 4.78 is 13.3. The minimum atomic E-state index is -0.441. The van der Waals surface area contributed by atoms with Crippen molar-refractivity contribution in [1.82, 2.24) is 10.3 Å². The van der Waals surface area contributed by atoms with E-state index in [1.807, 2.05) is 0 Å². The van der Waals surface area contributed by atoms with Crippen molar-refractivity contribution in [2.45, 2.75) is 12.5 Å². The summed E-state index contributed by atoms with van der Waals surface area (Å²) in [5.41, 5.74) is 0.832. The Morgan fingerprint density at radius 2 is 2.38 bits per heavy atom. The van der Waals surface area contributed by atoms with E-state index in [2.05, 4.69) is 15.2 Å². The van der Waals surface area contributed by atoms with Crippen LogP contribution in [0, 0.1) is 11.7 Å². The first kappa shape index (κ1) is 10.3. The lowest BCUT2D eigenvalue weighted by molar-refractivity contribution is 0.556. The molecule has 86 valence electrons. The van der Waals surface area contributed by atoms with Gasteiger partial charge in [-0.25, -0.2) is 9.37 Å². The normalized spacial score (nSPS) is 28.5. The van der Waals surface area contributed by atoms with E-state index in [0.29, 0.717) is 12.0 Å². The third-order valence-electron chi connectivity index (χ3n) is 3.51. The third-order valence-corrected chi connectivity index (χ3v) is 3.79. The Hall–Kier alpha value is -0.870. The summed E-state index contributed by atoms with van der Waals surface area (Å²) in [6.07, 6.45) is 2.86. The Morgan fingerprint density at radius 1 is 1.50 bits per heavy atom. The van der Waals surface area contributed by atoms with E-state index in [9.17, 15) is 4.39 Å². The summed E-state index contributed by atoms with van der Waals surface area (Å²) in [5.74, 6) is 0.253. The molecule has 3 rings (SSSR count). The molecule has 0 bridgehead atoms. The zero-order valence-corrected chi connectivity index (χ0v) is 9.54. The van der Waals surface area contributed by atoms with Crippen molar-refractivity contribution >= 4 is 17.3 Å². The Morgan fingerprint density at radius 3 is 3.12 bits per heavy atom. The maximum atomic E-state index is 13.3. The number of pyridine rings is 1. The molecule has 0 unspecified atom stereocenters.